The SMILES string of the molecule is COc1ccc(Cn2cc(C(=O)N3CCNC(C)C3)cn2)cc1.Cl. The second kappa shape index (κ2) is 8.17. The van der Waals surface area contributed by atoms with Crippen LogP contribution in [0.5, 0.6) is 5.75 Å². The number of piperazine rings is 1. The molecule has 1 aromatic heterocycles. The quantitative estimate of drug-likeness (QED) is 0.913. The van der Waals surface area contributed by atoms with Crippen molar-refractivity contribution in [3.05, 3.63) is 47.8 Å². The monoisotopic (exact) mass is 350 g/mol. The van der Waals surface area contributed by atoms with Gasteiger partial charge in [-0.05, 0) is 24.6 Å². The molecule has 2 heterocycles. The second-order valence-electron chi connectivity index (χ2n) is 5.88. The molecule has 7 heteroatoms. The predicted octanol–water partition coefficient (Wildman–Crippen LogP) is 1.80. The maximum atomic E-state index is 12.5. The number of nitrogens with one attached hydrogen (secondary N) is 1. The fourth-order valence-electron chi connectivity index (χ4n) is 2.78. The summed E-state index contributed by atoms with van der Waals surface area (Å²) in [4.78, 5) is 14.4. The zero-order chi connectivity index (χ0) is 16.2. The van der Waals surface area contributed by atoms with Crippen molar-refractivity contribution in [3.63, 3.8) is 0 Å². The van der Waals surface area contributed by atoms with Gasteiger partial charge >= 0.3 is 0 Å². The third-order valence-electron chi connectivity index (χ3n) is 4.04. The van der Waals surface area contributed by atoms with Crippen LogP contribution in [0.25, 0.3) is 0 Å². The third kappa shape index (κ3) is 4.27. The van der Waals surface area contributed by atoms with Gasteiger partial charge in [0.05, 0.1) is 25.4 Å². The highest BCUT2D eigenvalue weighted by atomic mass is 35.5. The number of ether oxygens (including phenoxy) is 1. The summed E-state index contributed by atoms with van der Waals surface area (Å²) in [5.74, 6) is 0.886. The van der Waals surface area contributed by atoms with E-state index in [1.807, 2.05) is 35.4 Å². The van der Waals surface area contributed by atoms with Crippen LogP contribution in [0.2, 0.25) is 0 Å². The van der Waals surface area contributed by atoms with Crippen LogP contribution in [-0.2, 0) is 6.54 Å². The van der Waals surface area contributed by atoms with Gasteiger partial charge in [-0.3, -0.25) is 9.48 Å². The Balaban J connectivity index is 0.00000208. The standard InChI is InChI=1S/C17H22N4O2.ClH/c1-13-10-20(8-7-18-13)17(22)15-9-19-21(12-15)11-14-3-5-16(23-2)6-4-14;/h3-6,9,12-13,18H,7-8,10-11H2,1-2H3;1H. The molecule has 0 saturated carbocycles. The predicted molar refractivity (Wildman–Crippen MR) is 94.9 cm³/mol. The van der Waals surface area contributed by atoms with Crippen LogP contribution in [0.15, 0.2) is 36.7 Å². The molecule has 24 heavy (non-hydrogen) atoms. The molecule has 2 aromatic rings. The van der Waals surface area contributed by atoms with Crippen LogP contribution in [0, 0.1) is 0 Å². The molecular formula is C17H23ClN4O2. The Morgan fingerprint density at radius 1 is 1.38 bits per heavy atom. The zero-order valence-electron chi connectivity index (χ0n) is 13.9. The number of carbonyl (C=O) groups is 1. The highest BCUT2D eigenvalue weighted by molar-refractivity contribution is 5.93. The maximum Gasteiger partial charge on any atom is 0.257 e. The molecule has 1 atom stereocenters. The van der Waals surface area contributed by atoms with Crippen LogP contribution < -0.4 is 10.1 Å². The number of methoxy groups -OCH3 is 1. The van der Waals surface area contributed by atoms with Gasteiger partial charge in [0.15, 0.2) is 0 Å². The number of amides is 1. The lowest BCUT2D eigenvalue weighted by atomic mass is 10.2. The van der Waals surface area contributed by atoms with Crippen LogP contribution in [-0.4, -0.2) is 53.4 Å². The summed E-state index contributed by atoms with van der Waals surface area (Å²) in [7, 11) is 1.65. The normalized spacial score (nSPS) is 17.2. The molecule has 1 aliphatic heterocycles. The average molecular weight is 351 g/mol. The van der Waals surface area contributed by atoms with E-state index in [0.29, 0.717) is 18.2 Å². The number of rotatable bonds is 4. The lowest BCUT2D eigenvalue weighted by Gasteiger charge is -2.31. The zero-order valence-corrected chi connectivity index (χ0v) is 14.8. The third-order valence-corrected chi connectivity index (χ3v) is 4.04. The Kier molecular flexibility index (Phi) is 6.23. The molecule has 1 aromatic carbocycles. The van der Waals surface area contributed by atoms with Crippen molar-refractivity contribution in [2.75, 3.05) is 26.7 Å². The van der Waals surface area contributed by atoms with E-state index in [-0.39, 0.29) is 18.3 Å². The van der Waals surface area contributed by atoms with Crippen molar-refractivity contribution in [1.82, 2.24) is 20.0 Å². The molecule has 1 unspecified atom stereocenters. The Morgan fingerprint density at radius 2 is 2.12 bits per heavy atom. The molecule has 1 saturated heterocycles. The van der Waals surface area contributed by atoms with Gasteiger partial charge in [-0.2, -0.15) is 5.10 Å². The number of carbonyl (C=O) groups excluding carboxylic acids is 1. The van der Waals surface area contributed by atoms with Crippen molar-refractivity contribution in [2.24, 2.45) is 0 Å². The number of halogens is 1. The first-order chi connectivity index (χ1) is 11.2. The minimum absolute atomic E-state index is 0. The summed E-state index contributed by atoms with van der Waals surface area (Å²) in [6, 6.07) is 8.18. The van der Waals surface area contributed by atoms with Gasteiger partial charge in [0, 0.05) is 31.9 Å². The molecule has 1 N–H and O–H groups in total. The van der Waals surface area contributed by atoms with E-state index in [4.69, 9.17) is 4.74 Å². The Labute approximate surface area is 148 Å². The minimum atomic E-state index is 0. The molecule has 6 nitrogen and oxygen atoms in total. The van der Waals surface area contributed by atoms with Crippen LogP contribution in [0.3, 0.4) is 0 Å². The Hall–Kier alpha value is -2.05. The van der Waals surface area contributed by atoms with Crippen molar-refractivity contribution < 1.29 is 9.53 Å². The number of nitrogens with zero attached hydrogens (tertiary/aromatic N) is 3. The molecule has 1 fully saturated rings. The topological polar surface area (TPSA) is 59.4 Å². The number of benzene rings is 1. The largest absolute Gasteiger partial charge is 0.497 e. The first-order valence-corrected chi connectivity index (χ1v) is 7.84. The van der Waals surface area contributed by atoms with E-state index < -0.39 is 0 Å². The lowest BCUT2D eigenvalue weighted by molar-refractivity contribution is 0.0709. The van der Waals surface area contributed by atoms with Gasteiger partial charge in [-0.1, -0.05) is 12.1 Å². The summed E-state index contributed by atoms with van der Waals surface area (Å²) >= 11 is 0. The fraction of sp³-hybridized carbons (Fsp3) is 0.412. The molecule has 0 bridgehead atoms. The molecule has 1 aliphatic rings. The Bertz CT molecular complexity index is 671. The highest BCUT2D eigenvalue weighted by Gasteiger charge is 2.22. The molecule has 130 valence electrons. The van der Waals surface area contributed by atoms with Gasteiger partial charge in [0.1, 0.15) is 5.75 Å². The number of hydrogen-bond acceptors (Lipinski definition) is 4. The van der Waals surface area contributed by atoms with Crippen molar-refractivity contribution in [2.45, 2.75) is 19.5 Å². The average Bonchev–Trinajstić information content (AvgIpc) is 3.03. The summed E-state index contributed by atoms with van der Waals surface area (Å²) in [5, 5.41) is 7.65. The van der Waals surface area contributed by atoms with Gasteiger partial charge < -0.3 is 15.0 Å². The van der Waals surface area contributed by atoms with E-state index in [1.54, 1.807) is 18.0 Å². The second-order valence-corrected chi connectivity index (χ2v) is 5.88. The lowest BCUT2D eigenvalue weighted by Crippen LogP contribution is -2.51. The summed E-state index contributed by atoms with van der Waals surface area (Å²) < 4.78 is 6.95. The summed E-state index contributed by atoms with van der Waals surface area (Å²) in [6.45, 7) is 5.05. The van der Waals surface area contributed by atoms with Gasteiger partial charge in [-0.25, -0.2) is 0 Å². The molecule has 0 aliphatic carbocycles. The molecular weight excluding hydrogens is 328 g/mol. The number of hydrogen-bond donors (Lipinski definition) is 1. The first-order valence-electron chi connectivity index (χ1n) is 7.84. The summed E-state index contributed by atoms with van der Waals surface area (Å²) in [6.07, 6.45) is 3.47. The van der Waals surface area contributed by atoms with E-state index >= 15 is 0 Å². The highest BCUT2D eigenvalue weighted by Crippen LogP contribution is 2.13. The van der Waals surface area contributed by atoms with Crippen molar-refractivity contribution in [1.29, 1.82) is 0 Å². The Morgan fingerprint density at radius 3 is 2.79 bits per heavy atom. The van der Waals surface area contributed by atoms with Crippen LogP contribution in [0.1, 0.15) is 22.8 Å². The van der Waals surface area contributed by atoms with Crippen LogP contribution >= 0.6 is 12.4 Å². The van der Waals surface area contributed by atoms with E-state index in [2.05, 4.69) is 17.3 Å². The maximum absolute atomic E-state index is 12.5. The molecule has 0 radical (unpaired) electrons. The summed E-state index contributed by atoms with van der Waals surface area (Å²) in [5.41, 5.74) is 1.76. The van der Waals surface area contributed by atoms with Crippen LogP contribution in [0.4, 0.5) is 0 Å². The first kappa shape index (κ1) is 18.3. The number of aromatic nitrogens is 2. The van der Waals surface area contributed by atoms with Crippen molar-refractivity contribution in [3.8, 4) is 5.75 Å². The smallest absolute Gasteiger partial charge is 0.257 e. The molecule has 0 spiro atoms. The van der Waals surface area contributed by atoms with E-state index in [9.17, 15) is 4.79 Å². The van der Waals surface area contributed by atoms with Gasteiger partial charge in [0.2, 0.25) is 0 Å². The fourth-order valence-corrected chi connectivity index (χ4v) is 2.78. The van der Waals surface area contributed by atoms with Crippen molar-refractivity contribution >= 4 is 18.3 Å². The minimum Gasteiger partial charge on any atom is -0.497 e. The molecule has 3 rings (SSSR count). The van der Waals surface area contributed by atoms with E-state index in [0.717, 1.165) is 30.9 Å². The van der Waals surface area contributed by atoms with Gasteiger partial charge in [-0.15, -0.1) is 12.4 Å². The van der Waals surface area contributed by atoms with Gasteiger partial charge in [0.25, 0.3) is 5.91 Å². The van der Waals surface area contributed by atoms with E-state index in [1.165, 1.54) is 0 Å². The molecule has 1 amide bonds.